The highest BCUT2D eigenvalue weighted by atomic mass is 35.5. The highest BCUT2D eigenvalue weighted by Crippen LogP contribution is 2.39. The molecule has 0 spiro atoms. The number of likely N-dealkylation sites (tertiary alicyclic amines) is 1. The predicted molar refractivity (Wildman–Crippen MR) is 164 cm³/mol. The summed E-state index contributed by atoms with van der Waals surface area (Å²) in [5.74, 6) is 1.42. The normalized spacial score (nSPS) is 15.8. The first-order valence-electron chi connectivity index (χ1n) is 14.2. The Labute approximate surface area is 249 Å². The minimum absolute atomic E-state index is 0.0802. The lowest BCUT2D eigenvalue weighted by Gasteiger charge is -2.26. The predicted octanol–water partition coefficient (Wildman–Crippen LogP) is 6.38. The van der Waals surface area contributed by atoms with Gasteiger partial charge in [0.15, 0.2) is 0 Å². The van der Waals surface area contributed by atoms with Crippen LogP contribution in [0.1, 0.15) is 41.7 Å². The number of nitrogens with one attached hydrogen (secondary N) is 1. The molecule has 0 atom stereocenters. The van der Waals surface area contributed by atoms with Gasteiger partial charge in [-0.2, -0.15) is 0 Å². The van der Waals surface area contributed by atoms with Gasteiger partial charge in [0, 0.05) is 41.6 Å². The molecule has 2 aliphatic rings. The van der Waals surface area contributed by atoms with E-state index in [1.165, 1.54) is 42.8 Å². The molecule has 1 amide bonds. The van der Waals surface area contributed by atoms with E-state index in [-0.39, 0.29) is 5.91 Å². The molecule has 212 valence electrons. The van der Waals surface area contributed by atoms with Gasteiger partial charge in [-0.15, -0.1) is 11.3 Å². The van der Waals surface area contributed by atoms with Crippen molar-refractivity contribution in [3.63, 3.8) is 0 Å². The molecule has 6 rings (SSSR count). The first-order valence-corrected chi connectivity index (χ1v) is 15.3. The van der Waals surface area contributed by atoms with Gasteiger partial charge in [-0.25, -0.2) is 9.97 Å². The van der Waals surface area contributed by atoms with Crippen LogP contribution in [-0.4, -0.2) is 56.8 Å². The monoisotopic (exact) mass is 588 g/mol. The number of halogens is 1. The molecular formula is C31H33ClN6O2S. The lowest BCUT2D eigenvalue weighted by molar-refractivity contribution is -0.126. The topological polar surface area (TPSA) is 83.5 Å². The fraction of sp³-hybridized carbons (Fsp3) is 0.355. The van der Waals surface area contributed by atoms with Crippen LogP contribution in [0.15, 0.2) is 61.2 Å². The van der Waals surface area contributed by atoms with Gasteiger partial charge in [-0.1, -0.05) is 30.2 Å². The number of hydrogen-bond acceptors (Lipinski definition) is 8. The SMILES string of the molecule is O=C(/C=C/CCN1CCCCC1)N1CCc2c(sc3ncnc(Nc4ccc(OCc5cccnc5)c(Cl)c4)c23)C1. The molecule has 5 heterocycles. The van der Waals surface area contributed by atoms with Crippen LogP contribution < -0.4 is 10.1 Å². The maximum atomic E-state index is 12.9. The molecule has 0 radical (unpaired) electrons. The molecular weight excluding hydrogens is 556 g/mol. The summed E-state index contributed by atoms with van der Waals surface area (Å²) < 4.78 is 5.89. The van der Waals surface area contributed by atoms with E-state index in [0.717, 1.165) is 46.7 Å². The highest BCUT2D eigenvalue weighted by Gasteiger charge is 2.25. The van der Waals surface area contributed by atoms with Gasteiger partial charge < -0.3 is 19.9 Å². The first kappa shape index (κ1) is 27.6. The quantitative estimate of drug-likeness (QED) is 0.227. The zero-order valence-electron chi connectivity index (χ0n) is 22.9. The summed E-state index contributed by atoms with van der Waals surface area (Å²) in [7, 11) is 0. The van der Waals surface area contributed by atoms with Crippen molar-refractivity contribution in [3.8, 4) is 5.75 Å². The molecule has 4 aromatic rings. The van der Waals surface area contributed by atoms with Crippen LogP contribution in [0.3, 0.4) is 0 Å². The standard InChI is InChI=1S/C31H33ClN6O2S/c32-25-17-23(9-10-26(25)40-20-22-7-6-12-33-18-22)36-30-29-24-11-16-38(19-27(24)41-31(29)35-21-34-30)28(39)8-2-5-15-37-13-3-1-4-14-37/h2,6-10,12,17-18,21H,1,3-5,11,13-16,19-20H2,(H,34,35,36)/b8-2+. The van der Waals surface area contributed by atoms with Crippen molar-refractivity contribution in [2.75, 3.05) is 31.5 Å². The number of aromatic nitrogens is 3. The third-order valence-electron chi connectivity index (χ3n) is 7.58. The van der Waals surface area contributed by atoms with Gasteiger partial charge in [0.25, 0.3) is 0 Å². The van der Waals surface area contributed by atoms with Crippen LogP contribution >= 0.6 is 22.9 Å². The van der Waals surface area contributed by atoms with Gasteiger partial charge in [-0.05, 0) is 74.7 Å². The van der Waals surface area contributed by atoms with Crippen LogP contribution in [0.5, 0.6) is 5.75 Å². The number of carbonyl (C=O) groups excluding carboxylic acids is 1. The first-order chi connectivity index (χ1) is 20.1. The van der Waals surface area contributed by atoms with Gasteiger partial charge in [0.1, 0.15) is 29.3 Å². The number of rotatable bonds is 9. The van der Waals surface area contributed by atoms with Gasteiger partial charge in [-0.3, -0.25) is 9.78 Å². The molecule has 10 heteroatoms. The Bertz CT molecular complexity index is 1540. The third kappa shape index (κ3) is 6.69. The lowest BCUT2D eigenvalue weighted by atomic mass is 10.0. The molecule has 3 aromatic heterocycles. The number of piperidine rings is 1. The number of benzene rings is 1. The Balaban J connectivity index is 1.10. The number of ether oxygens (including phenoxy) is 1. The number of fused-ring (bicyclic) bond motifs is 3. The van der Waals surface area contributed by atoms with E-state index >= 15 is 0 Å². The van der Waals surface area contributed by atoms with Crippen LogP contribution in [0, 0.1) is 0 Å². The molecule has 1 saturated heterocycles. The number of anilines is 2. The zero-order valence-corrected chi connectivity index (χ0v) is 24.5. The van der Waals surface area contributed by atoms with E-state index in [2.05, 4.69) is 25.2 Å². The van der Waals surface area contributed by atoms with Crippen LogP contribution in [-0.2, 0) is 24.4 Å². The molecule has 41 heavy (non-hydrogen) atoms. The molecule has 1 N–H and O–H groups in total. The Hall–Kier alpha value is -3.53. The van der Waals surface area contributed by atoms with Gasteiger partial charge >= 0.3 is 0 Å². The van der Waals surface area contributed by atoms with E-state index in [1.807, 2.05) is 41.3 Å². The fourth-order valence-corrected chi connectivity index (χ4v) is 6.86. The number of nitrogens with zero attached hydrogens (tertiary/aromatic N) is 5. The molecule has 0 bridgehead atoms. The van der Waals surface area contributed by atoms with Crippen molar-refractivity contribution in [1.29, 1.82) is 0 Å². The van der Waals surface area contributed by atoms with E-state index in [0.29, 0.717) is 30.5 Å². The Kier molecular flexibility index (Phi) is 8.74. The second-order valence-electron chi connectivity index (χ2n) is 10.4. The maximum absolute atomic E-state index is 12.9. The van der Waals surface area contributed by atoms with E-state index < -0.39 is 0 Å². The number of hydrogen-bond donors (Lipinski definition) is 1. The summed E-state index contributed by atoms with van der Waals surface area (Å²) in [6.45, 7) is 5.06. The molecule has 1 aromatic carbocycles. The van der Waals surface area contributed by atoms with Crippen molar-refractivity contribution in [3.05, 3.63) is 82.2 Å². The molecule has 0 unspecified atom stereocenters. The number of carbonyl (C=O) groups is 1. The Morgan fingerprint density at radius 1 is 1.15 bits per heavy atom. The van der Waals surface area contributed by atoms with E-state index in [1.54, 1.807) is 36.1 Å². The van der Waals surface area contributed by atoms with Crippen molar-refractivity contribution in [1.82, 2.24) is 24.8 Å². The van der Waals surface area contributed by atoms with Crippen LogP contribution in [0.4, 0.5) is 11.5 Å². The summed E-state index contributed by atoms with van der Waals surface area (Å²) in [6, 6.07) is 9.46. The van der Waals surface area contributed by atoms with Gasteiger partial charge in [0.2, 0.25) is 5.91 Å². The van der Waals surface area contributed by atoms with Crippen LogP contribution in [0.2, 0.25) is 5.02 Å². The number of amides is 1. The second-order valence-corrected chi connectivity index (χ2v) is 11.9. The Morgan fingerprint density at radius 3 is 2.88 bits per heavy atom. The van der Waals surface area contributed by atoms with Gasteiger partial charge in [0.05, 0.1) is 17.0 Å². The van der Waals surface area contributed by atoms with E-state index in [9.17, 15) is 4.79 Å². The molecule has 1 fully saturated rings. The summed E-state index contributed by atoms with van der Waals surface area (Å²) in [5.41, 5.74) is 3.00. The minimum Gasteiger partial charge on any atom is -0.487 e. The lowest BCUT2D eigenvalue weighted by Crippen LogP contribution is -2.34. The molecule has 2 aliphatic heterocycles. The minimum atomic E-state index is 0.0802. The molecule has 0 saturated carbocycles. The van der Waals surface area contributed by atoms with E-state index in [4.69, 9.17) is 16.3 Å². The summed E-state index contributed by atoms with van der Waals surface area (Å²) >= 11 is 8.18. The van der Waals surface area contributed by atoms with Crippen molar-refractivity contribution in [2.24, 2.45) is 0 Å². The van der Waals surface area contributed by atoms with Crippen molar-refractivity contribution >= 4 is 50.6 Å². The third-order valence-corrected chi connectivity index (χ3v) is 9.00. The maximum Gasteiger partial charge on any atom is 0.246 e. The Morgan fingerprint density at radius 2 is 2.05 bits per heavy atom. The summed E-state index contributed by atoms with van der Waals surface area (Å²) in [4.78, 5) is 32.7. The highest BCUT2D eigenvalue weighted by molar-refractivity contribution is 7.19. The number of thiophene rings is 1. The number of pyridine rings is 1. The molecule has 0 aliphatic carbocycles. The molecule has 8 nitrogen and oxygen atoms in total. The van der Waals surface area contributed by atoms with Crippen molar-refractivity contribution in [2.45, 2.75) is 45.3 Å². The smallest absolute Gasteiger partial charge is 0.246 e. The second kappa shape index (κ2) is 13.0. The van der Waals surface area contributed by atoms with Crippen LogP contribution in [0.25, 0.3) is 10.2 Å². The zero-order chi connectivity index (χ0) is 28.0. The average molecular weight is 589 g/mol. The fourth-order valence-electron chi connectivity index (χ4n) is 5.42. The average Bonchev–Trinajstić information content (AvgIpc) is 3.39. The van der Waals surface area contributed by atoms with Crippen molar-refractivity contribution < 1.29 is 9.53 Å². The summed E-state index contributed by atoms with van der Waals surface area (Å²) in [6.07, 6.45) is 14.5. The largest absolute Gasteiger partial charge is 0.487 e. The summed E-state index contributed by atoms with van der Waals surface area (Å²) in [5, 5.41) is 4.96.